The van der Waals surface area contributed by atoms with Gasteiger partial charge in [-0.05, 0) is 158 Å². The molecule has 0 fully saturated rings. The van der Waals surface area contributed by atoms with Crippen LogP contribution in [0.2, 0.25) is 0 Å². The first kappa shape index (κ1) is 49.6. The van der Waals surface area contributed by atoms with Gasteiger partial charge in [-0.3, -0.25) is 19.2 Å². The molecule has 8 nitrogen and oxygen atoms in total. The van der Waals surface area contributed by atoms with Gasteiger partial charge in [0, 0.05) is 0 Å². The molecule has 0 spiro atoms. The summed E-state index contributed by atoms with van der Waals surface area (Å²) in [6, 6.07) is 84.7. The Morgan fingerprint density at radius 1 is 0.179 bits per heavy atom. The summed E-state index contributed by atoms with van der Waals surface area (Å²) in [5.41, 5.74) is 15.0. The first-order chi connectivity index (χ1) is 41.3. The van der Waals surface area contributed by atoms with Gasteiger partial charge in [-0.2, -0.15) is 0 Å². The van der Waals surface area contributed by atoms with Crippen molar-refractivity contribution in [3.63, 3.8) is 0 Å². The predicted molar refractivity (Wildman–Crippen MR) is 340 cm³/mol. The smallest absolute Gasteiger partial charge is 0.201 e. The molecule has 4 aromatic heterocycles. The van der Waals surface area contributed by atoms with E-state index < -0.39 is 0 Å². The zero-order valence-corrected chi connectivity index (χ0v) is 44.7. The fourth-order valence-corrected chi connectivity index (χ4v) is 11.7. The van der Waals surface area contributed by atoms with Crippen molar-refractivity contribution in [2.45, 2.75) is 0 Å². The van der Waals surface area contributed by atoms with E-state index in [1.165, 1.54) is 0 Å². The van der Waals surface area contributed by atoms with E-state index in [9.17, 15) is 19.2 Å². The molecule has 0 unspecified atom stereocenters. The molecule has 0 radical (unpaired) electrons. The second-order valence-corrected chi connectivity index (χ2v) is 20.8. The van der Waals surface area contributed by atoms with Crippen LogP contribution in [0.4, 0.5) is 0 Å². The number of hydrogen-bond donors (Lipinski definition) is 0. The largest absolute Gasteiger partial charge is 0.456 e. The molecule has 84 heavy (non-hydrogen) atoms. The molecule has 16 rings (SSSR count). The van der Waals surface area contributed by atoms with Crippen molar-refractivity contribution < 1.29 is 17.7 Å². The van der Waals surface area contributed by atoms with Crippen molar-refractivity contribution in [1.82, 2.24) is 0 Å². The molecule has 4 heterocycles. The van der Waals surface area contributed by atoms with Crippen LogP contribution >= 0.6 is 0 Å². The highest BCUT2D eigenvalue weighted by molar-refractivity contribution is 6.07. The minimum Gasteiger partial charge on any atom is -0.456 e. The lowest BCUT2D eigenvalue weighted by Gasteiger charge is -2.14. The Morgan fingerprint density at radius 3 is 0.857 bits per heavy atom. The number of para-hydroxylation sites is 2. The highest BCUT2D eigenvalue weighted by Gasteiger charge is 2.20. The second-order valence-electron chi connectivity index (χ2n) is 20.8. The van der Waals surface area contributed by atoms with Gasteiger partial charge in [-0.15, -0.1) is 0 Å². The normalized spacial score (nSPS) is 11.5. The topological polar surface area (TPSA) is 121 Å². The van der Waals surface area contributed by atoms with Crippen molar-refractivity contribution in [2.75, 3.05) is 0 Å². The van der Waals surface area contributed by atoms with E-state index in [-0.39, 0.29) is 21.7 Å². The Labute approximate surface area is 477 Å². The Balaban J connectivity index is 0.000000149. The SMILES string of the molecule is O=c1c2cc(-c3ccccc3)ccc2oc2ccc(-c3cccc(-c4ccc5oc6ccc(-c7ccccc7)cc6c(=O)c5c4)c3)cc12.O=c1c2ccccc2oc2cccc(-c3ccccc3-c3cccc4oc5ccccc5c(=O)c34)c12. The van der Waals surface area contributed by atoms with E-state index in [0.29, 0.717) is 87.8 Å². The summed E-state index contributed by atoms with van der Waals surface area (Å²) in [5.74, 6) is 0. The maximum absolute atomic E-state index is 13.8. The fraction of sp³-hybridized carbons (Fsp3) is 0. The van der Waals surface area contributed by atoms with Crippen LogP contribution in [-0.4, -0.2) is 0 Å². The van der Waals surface area contributed by atoms with Crippen LogP contribution in [0.1, 0.15) is 0 Å². The summed E-state index contributed by atoms with van der Waals surface area (Å²) in [7, 11) is 0. The quantitative estimate of drug-likeness (QED) is 0.151. The van der Waals surface area contributed by atoms with Crippen molar-refractivity contribution in [3.05, 3.63) is 308 Å². The second kappa shape index (κ2) is 20.3. The monoisotopic (exact) mass is 1080 g/mol. The van der Waals surface area contributed by atoms with E-state index in [2.05, 4.69) is 6.07 Å². The minimum absolute atomic E-state index is 0.0639. The first-order valence-corrected chi connectivity index (χ1v) is 27.5. The van der Waals surface area contributed by atoms with Crippen LogP contribution in [0.15, 0.2) is 304 Å². The molecular formula is C76H44O8. The van der Waals surface area contributed by atoms with Crippen LogP contribution < -0.4 is 21.7 Å². The molecule has 12 aromatic carbocycles. The minimum atomic E-state index is -0.0827. The van der Waals surface area contributed by atoms with Gasteiger partial charge in [0.25, 0.3) is 0 Å². The summed E-state index contributed by atoms with van der Waals surface area (Å²) < 4.78 is 24.6. The molecule has 0 N–H and O–H groups in total. The van der Waals surface area contributed by atoms with Crippen molar-refractivity contribution in [3.8, 4) is 66.8 Å². The molecule has 0 aliphatic heterocycles. The highest BCUT2D eigenvalue weighted by Crippen LogP contribution is 2.39. The van der Waals surface area contributed by atoms with E-state index in [4.69, 9.17) is 17.7 Å². The van der Waals surface area contributed by atoms with Crippen LogP contribution in [0.5, 0.6) is 0 Å². The fourth-order valence-electron chi connectivity index (χ4n) is 11.7. The van der Waals surface area contributed by atoms with Crippen LogP contribution in [0, 0.1) is 0 Å². The van der Waals surface area contributed by atoms with Gasteiger partial charge in [0.15, 0.2) is 0 Å². The van der Waals surface area contributed by atoms with Gasteiger partial charge in [0.2, 0.25) is 21.7 Å². The lowest BCUT2D eigenvalue weighted by atomic mass is 9.90. The van der Waals surface area contributed by atoms with Gasteiger partial charge in [0.1, 0.15) is 44.7 Å². The zero-order valence-electron chi connectivity index (χ0n) is 44.7. The molecule has 16 aromatic rings. The third kappa shape index (κ3) is 8.56. The number of rotatable bonds is 6. The molecule has 396 valence electrons. The molecule has 0 amide bonds. The van der Waals surface area contributed by atoms with Gasteiger partial charge in [-0.1, -0.05) is 176 Å². The molecule has 0 bridgehead atoms. The average Bonchev–Trinajstić information content (AvgIpc) is 1.36. The summed E-state index contributed by atoms with van der Waals surface area (Å²) in [4.78, 5) is 54.8. The summed E-state index contributed by atoms with van der Waals surface area (Å²) >= 11 is 0. The van der Waals surface area contributed by atoms with Gasteiger partial charge < -0.3 is 17.7 Å². The molecule has 0 saturated carbocycles. The van der Waals surface area contributed by atoms with Gasteiger partial charge in [0.05, 0.1) is 43.1 Å². The summed E-state index contributed by atoms with van der Waals surface area (Å²) in [6.45, 7) is 0. The van der Waals surface area contributed by atoms with Gasteiger partial charge in [-0.25, -0.2) is 0 Å². The van der Waals surface area contributed by atoms with Crippen LogP contribution in [0.25, 0.3) is 155 Å². The molecule has 0 saturated heterocycles. The lowest BCUT2D eigenvalue weighted by Crippen LogP contribution is -2.05. The maximum Gasteiger partial charge on any atom is 0.201 e. The predicted octanol–water partition coefficient (Wildman–Crippen LogP) is 18.4. The third-order valence-electron chi connectivity index (χ3n) is 15.8. The average molecular weight is 1090 g/mol. The Morgan fingerprint density at radius 2 is 0.452 bits per heavy atom. The Kier molecular flexibility index (Phi) is 11.9. The molecule has 8 heteroatoms. The molecule has 0 atom stereocenters. The first-order valence-electron chi connectivity index (χ1n) is 27.5. The van der Waals surface area contributed by atoms with E-state index in [1.54, 1.807) is 24.3 Å². The highest BCUT2D eigenvalue weighted by atomic mass is 16.3. The zero-order chi connectivity index (χ0) is 56.4. The number of hydrogen-bond acceptors (Lipinski definition) is 8. The standard InChI is InChI=1S/C44H26O4.C32H18O4/c45-43-35-23-31(27-8-3-1-4-9-27)14-18-39(35)47-41-20-16-33(25-37(41)43)29-12-7-13-30(22-29)34-17-21-42-38(26-34)44(46)36-24-32(15-19-40(36)48-42)28-10-5-2-6-11-28;33-31-23-11-3-5-15-25(23)35-27-17-7-13-21(29(27)31)19-9-1-2-10-20(19)22-14-8-18-28-30(22)32(34)24-12-4-6-16-26(24)36-28/h1-26H;1-18H. The number of benzene rings is 12. The maximum atomic E-state index is 13.8. The molecule has 0 aliphatic carbocycles. The molecular weight excluding hydrogens is 1040 g/mol. The number of fused-ring (bicyclic) bond motifs is 8. The Bertz CT molecular complexity index is 5250. The van der Waals surface area contributed by atoms with E-state index in [1.807, 2.05) is 237 Å². The third-order valence-corrected chi connectivity index (χ3v) is 15.8. The van der Waals surface area contributed by atoms with Crippen molar-refractivity contribution in [1.29, 1.82) is 0 Å². The molecule has 0 aliphatic rings. The van der Waals surface area contributed by atoms with Crippen LogP contribution in [-0.2, 0) is 0 Å². The summed E-state index contributed by atoms with van der Waals surface area (Å²) in [5, 5.41) is 4.25. The van der Waals surface area contributed by atoms with Crippen molar-refractivity contribution >= 4 is 87.8 Å². The lowest BCUT2D eigenvalue weighted by molar-refractivity contribution is 0.659. The summed E-state index contributed by atoms with van der Waals surface area (Å²) in [6.07, 6.45) is 0. The van der Waals surface area contributed by atoms with Crippen molar-refractivity contribution in [2.24, 2.45) is 0 Å². The van der Waals surface area contributed by atoms with Crippen LogP contribution in [0.3, 0.4) is 0 Å². The van der Waals surface area contributed by atoms with E-state index in [0.717, 1.165) is 66.8 Å². The van der Waals surface area contributed by atoms with Gasteiger partial charge >= 0.3 is 0 Å². The van der Waals surface area contributed by atoms with E-state index >= 15 is 0 Å². The Hall–Kier alpha value is -11.5.